The van der Waals surface area contributed by atoms with Crippen molar-refractivity contribution in [2.75, 3.05) is 4.90 Å². The van der Waals surface area contributed by atoms with E-state index in [0.717, 1.165) is 10.5 Å². The standard InChI is InChI=1S/C24H18N6O3/c1-29-22(25-15-26-29)21(16-8-3-2-4-9-16)28-33-14-17-10-7-13-20(27-17)30-23(31)18-11-5-6-12-19(18)24(30)32/h2-13,15H,14H2,1H3. The molecule has 2 aromatic heterocycles. The highest BCUT2D eigenvalue weighted by Crippen LogP contribution is 2.27. The Morgan fingerprint density at radius 2 is 1.61 bits per heavy atom. The first-order valence-electron chi connectivity index (χ1n) is 10.2. The van der Waals surface area contributed by atoms with E-state index in [1.54, 1.807) is 54.2 Å². The number of aryl methyl sites for hydroxylation is 1. The van der Waals surface area contributed by atoms with Gasteiger partial charge in [0.1, 0.15) is 12.1 Å². The summed E-state index contributed by atoms with van der Waals surface area (Å²) in [5, 5.41) is 8.39. The van der Waals surface area contributed by atoms with Crippen molar-refractivity contribution in [1.82, 2.24) is 19.7 Å². The Balaban J connectivity index is 1.38. The number of pyridine rings is 1. The maximum Gasteiger partial charge on any atom is 0.267 e. The molecule has 0 N–H and O–H groups in total. The highest BCUT2D eigenvalue weighted by molar-refractivity contribution is 6.34. The third kappa shape index (κ3) is 3.76. The second kappa shape index (κ2) is 8.46. The summed E-state index contributed by atoms with van der Waals surface area (Å²) >= 11 is 0. The quantitative estimate of drug-likeness (QED) is 0.261. The zero-order chi connectivity index (χ0) is 22.8. The fourth-order valence-corrected chi connectivity index (χ4v) is 3.56. The molecule has 0 atom stereocenters. The maximum atomic E-state index is 12.7. The van der Waals surface area contributed by atoms with Gasteiger partial charge in [-0.15, -0.1) is 0 Å². The second-order valence-corrected chi connectivity index (χ2v) is 7.27. The molecule has 0 spiro atoms. The molecular weight excluding hydrogens is 420 g/mol. The molecule has 2 aromatic carbocycles. The van der Waals surface area contributed by atoms with Crippen molar-refractivity contribution in [3.63, 3.8) is 0 Å². The summed E-state index contributed by atoms with van der Waals surface area (Å²) in [5.41, 5.74) is 2.59. The minimum Gasteiger partial charge on any atom is -0.389 e. The lowest BCUT2D eigenvalue weighted by Gasteiger charge is -2.13. The van der Waals surface area contributed by atoms with Gasteiger partial charge in [-0.3, -0.25) is 9.59 Å². The number of fused-ring (bicyclic) bond motifs is 1. The van der Waals surface area contributed by atoms with Crippen LogP contribution in [0.15, 0.2) is 84.3 Å². The lowest BCUT2D eigenvalue weighted by molar-refractivity contribution is 0.0924. The molecule has 3 heterocycles. The monoisotopic (exact) mass is 438 g/mol. The van der Waals surface area contributed by atoms with Gasteiger partial charge < -0.3 is 4.84 Å². The maximum absolute atomic E-state index is 12.7. The Labute approximate surface area is 189 Å². The normalized spacial score (nSPS) is 13.4. The number of carbonyl (C=O) groups is 2. The number of aromatic nitrogens is 4. The number of benzene rings is 2. The van der Waals surface area contributed by atoms with Crippen LogP contribution < -0.4 is 4.90 Å². The first kappa shape index (κ1) is 20.3. The van der Waals surface area contributed by atoms with Crippen LogP contribution in [0.25, 0.3) is 0 Å². The van der Waals surface area contributed by atoms with Crippen LogP contribution in [0.1, 0.15) is 37.8 Å². The van der Waals surface area contributed by atoms with E-state index in [1.165, 1.54) is 6.33 Å². The number of carbonyl (C=O) groups excluding carboxylic acids is 2. The molecule has 5 rings (SSSR count). The number of amides is 2. The molecule has 0 saturated heterocycles. The summed E-state index contributed by atoms with van der Waals surface area (Å²) < 4.78 is 1.61. The van der Waals surface area contributed by atoms with E-state index in [-0.39, 0.29) is 12.4 Å². The summed E-state index contributed by atoms with van der Waals surface area (Å²) in [6, 6.07) is 21.3. The zero-order valence-electron chi connectivity index (χ0n) is 17.6. The second-order valence-electron chi connectivity index (χ2n) is 7.27. The van der Waals surface area contributed by atoms with Gasteiger partial charge in [0.15, 0.2) is 18.1 Å². The van der Waals surface area contributed by atoms with E-state index in [2.05, 4.69) is 20.2 Å². The predicted molar refractivity (Wildman–Crippen MR) is 120 cm³/mol. The first-order chi connectivity index (χ1) is 16.1. The molecule has 4 aromatic rings. The first-order valence-corrected chi connectivity index (χ1v) is 10.2. The highest BCUT2D eigenvalue weighted by atomic mass is 16.6. The van der Waals surface area contributed by atoms with Gasteiger partial charge in [-0.1, -0.05) is 53.7 Å². The molecule has 33 heavy (non-hydrogen) atoms. The van der Waals surface area contributed by atoms with Gasteiger partial charge in [-0.25, -0.2) is 19.5 Å². The van der Waals surface area contributed by atoms with Crippen molar-refractivity contribution in [3.05, 3.63) is 107 Å². The fraction of sp³-hybridized carbons (Fsp3) is 0.0833. The minimum atomic E-state index is -0.396. The molecule has 0 fully saturated rings. The summed E-state index contributed by atoms with van der Waals surface area (Å²) in [4.78, 5) is 40.9. The van der Waals surface area contributed by atoms with E-state index in [9.17, 15) is 9.59 Å². The van der Waals surface area contributed by atoms with Gasteiger partial charge in [-0.2, -0.15) is 5.10 Å². The fourth-order valence-electron chi connectivity index (χ4n) is 3.56. The molecule has 0 radical (unpaired) electrons. The topological polar surface area (TPSA) is 103 Å². The number of rotatable bonds is 6. The summed E-state index contributed by atoms with van der Waals surface area (Å²) in [6.45, 7) is 0.0329. The summed E-state index contributed by atoms with van der Waals surface area (Å²) in [7, 11) is 1.77. The molecule has 9 nitrogen and oxygen atoms in total. The largest absolute Gasteiger partial charge is 0.389 e. The van der Waals surface area contributed by atoms with Crippen LogP contribution in [-0.4, -0.2) is 37.3 Å². The van der Waals surface area contributed by atoms with Gasteiger partial charge in [-0.05, 0) is 24.3 Å². The van der Waals surface area contributed by atoms with Gasteiger partial charge >= 0.3 is 0 Å². The van der Waals surface area contributed by atoms with Crippen molar-refractivity contribution in [2.45, 2.75) is 6.61 Å². The van der Waals surface area contributed by atoms with Gasteiger partial charge in [0.2, 0.25) is 0 Å². The van der Waals surface area contributed by atoms with E-state index < -0.39 is 11.8 Å². The number of hydrogen-bond donors (Lipinski definition) is 0. The van der Waals surface area contributed by atoms with Gasteiger partial charge in [0.25, 0.3) is 11.8 Å². The molecule has 1 aliphatic heterocycles. The van der Waals surface area contributed by atoms with Crippen LogP contribution in [0, 0.1) is 0 Å². The van der Waals surface area contributed by atoms with E-state index in [1.807, 2.05) is 30.3 Å². The Hall–Kier alpha value is -4.66. The molecule has 2 amide bonds. The van der Waals surface area contributed by atoms with E-state index in [4.69, 9.17) is 4.84 Å². The van der Waals surface area contributed by atoms with Crippen LogP contribution in [-0.2, 0) is 18.5 Å². The average molecular weight is 438 g/mol. The Morgan fingerprint density at radius 1 is 0.909 bits per heavy atom. The predicted octanol–water partition coefficient (Wildman–Crippen LogP) is 2.98. The highest BCUT2D eigenvalue weighted by Gasteiger charge is 2.37. The Kier molecular flexibility index (Phi) is 5.19. The van der Waals surface area contributed by atoms with Crippen LogP contribution in [0.5, 0.6) is 0 Å². The summed E-state index contributed by atoms with van der Waals surface area (Å²) in [6.07, 6.45) is 1.45. The zero-order valence-corrected chi connectivity index (χ0v) is 17.6. The average Bonchev–Trinajstić information content (AvgIpc) is 3.38. The van der Waals surface area contributed by atoms with E-state index in [0.29, 0.717) is 28.4 Å². The Bertz CT molecular complexity index is 1340. The van der Waals surface area contributed by atoms with Crippen LogP contribution in [0.2, 0.25) is 0 Å². The van der Waals surface area contributed by atoms with Gasteiger partial charge in [0, 0.05) is 12.6 Å². The summed E-state index contributed by atoms with van der Waals surface area (Å²) in [5.74, 6) is -0.00234. The van der Waals surface area contributed by atoms with Crippen molar-refractivity contribution in [1.29, 1.82) is 0 Å². The molecule has 1 aliphatic rings. The van der Waals surface area contributed by atoms with Crippen LogP contribution in [0.4, 0.5) is 5.82 Å². The minimum absolute atomic E-state index is 0.0329. The third-order valence-corrected chi connectivity index (χ3v) is 5.15. The molecule has 9 heteroatoms. The number of nitrogens with zero attached hydrogens (tertiary/aromatic N) is 6. The molecule has 0 bridgehead atoms. The number of anilines is 1. The molecule has 0 saturated carbocycles. The molecule has 0 unspecified atom stereocenters. The molecule has 162 valence electrons. The van der Waals surface area contributed by atoms with Crippen molar-refractivity contribution < 1.29 is 14.4 Å². The SMILES string of the molecule is Cn1ncnc1C(=NOCc1cccc(N2C(=O)c3ccccc3C2=O)n1)c1ccccc1. The van der Waals surface area contributed by atoms with Crippen molar-refractivity contribution >= 4 is 23.3 Å². The van der Waals surface area contributed by atoms with Crippen molar-refractivity contribution in [3.8, 4) is 0 Å². The number of imide groups is 1. The lowest BCUT2D eigenvalue weighted by atomic mass is 10.1. The molecular formula is C24H18N6O3. The van der Waals surface area contributed by atoms with Crippen LogP contribution in [0.3, 0.4) is 0 Å². The van der Waals surface area contributed by atoms with Crippen LogP contribution >= 0.6 is 0 Å². The van der Waals surface area contributed by atoms with Crippen molar-refractivity contribution in [2.24, 2.45) is 12.2 Å². The number of oxime groups is 1. The van der Waals surface area contributed by atoms with E-state index >= 15 is 0 Å². The smallest absolute Gasteiger partial charge is 0.267 e. The molecule has 0 aliphatic carbocycles. The van der Waals surface area contributed by atoms with Gasteiger partial charge in [0.05, 0.1) is 16.8 Å². The Morgan fingerprint density at radius 3 is 2.27 bits per heavy atom. The third-order valence-electron chi connectivity index (χ3n) is 5.15. The number of hydrogen-bond acceptors (Lipinski definition) is 7. The lowest BCUT2D eigenvalue weighted by Crippen LogP contribution is -2.30.